The van der Waals surface area contributed by atoms with E-state index in [0.717, 1.165) is 6.07 Å². The summed E-state index contributed by atoms with van der Waals surface area (Å²) in [5.74, 6) is -1.80. The van der Waals surface area contributed by atoms with Crippen molar-refractivity contribution < 1.29 is 24.7 Å². The van der Waals surface area contributed by atoms with E-state index in [2.05, 4.69) is 5.32 Å². The van der Waals surface area contributed by atoms with Gasteiger partial charge in [0.15, 0.2) is 5.75 Å². The quantitative estimate of drug-likeness (QED) is 0.497. The van der Waals surface area contributed by atoms with Crippen LogP contribution in [-0.4, -0.2) is 34.8 Å². The van der Waals surface area contributed by atoms with Gasteiger partial charge < -0.3 is 14.9 Å². The van der Waals surface area contributed by atoms with Crippen LogP contribution < -0.4 is 10.1 Å². The molecule has 9 heteroatoms. The number of hydrogen-bond donors (Lipinski definition) is 3. The predicted molar refractivity (Wildman–Crippen MR) is 69.9 cm³/mol. The monoisotopic (exact) mass is 295 g/mol. The van der Waals surface area contributed by atoms with Crippen molar-refractivity contribution in [2.75, 3.05) is 13.7 Å². The zero-order valence-corrected chi connectivity index (χ0v) is 11.1. The normalized spacial score (nSPS) is 11.4. The topological polar surface area (TPSA) is 146 Å². The van der Waals surface area contributed by atoms with Crippen molar-refractivity contribution in [3.8, 4) is 17.6 Å². The Balaban J connectivity index is 3.09. The molecule has 1 aromatic carbocycles. The average Bonchev–Trinajstić information content (AvgIpc) is 2.43. The molecule has 1 rings (SSSR count). The lowest BCUT2D eigenvalue weighted by molar-refractivity contribution is -0.386. The van der Waals surface area contributed by atoms with Gasteiger partial charge in [-0.2, -0.15) is 5.26 Å². The Morgan fingerprint density at radius 3 is 2.76 bits per heavy atom. The Morgan fingerprint density at radius 2 is 2.29 bits per heavy atom. The number of hydrogen-bond acceptors (Lipinski definition) is 7. The van der Waals surface area contributed by atoms with Crippen molar-refractivity contribution >= 4 is 11.7 Å². The first-order valence-electron chi connectivity index (χ1n) is 5.80. The van der Waals surface area contributed by atoms with Crippen molar-refractivity contribution in [1.29, 1.82) is 5.26 Å². The number of carboxylic acid groups (broad SMARTS) is 1. The summed E-state index contributed by atoms with van der Waals surface area (Å²) in [6, 6.07) is 3.23. The van der Waals surface area contributed by atoms with Gasteiger partial charge >= 0.3 is 11.7 Å². The van der Waals surface area contributed by atoms with E-state index in [4.69, 9.17) is 15.1 Å². The maximum Gasteiger partial charge on any atom is 0.315 e. The lowest BCUT2D eigenvalue weighted by atomic mass is 10.1. The van der Waals surface area contributed by atoms with E-state index in [1.54, 1.807) is 0 Å². The van der Waals surface area contributed by atoms with Crippen molar-refractivity contribution in [2.24, 2.45) is 0 Å². The number of methoxy groups -OCH3 is 1. The maximum atomic E-state index is 10.9. The number of nitrogens with zero attached hydrogens (tertiary/aromatic N) is 2. The van der Waals surface area contributed by atoms with Crippen molar-refractivity contribution in [3.05, 3.63) is 27.8 Å². The van der Waals surface area contributed by atoms with Crippen molar-refractivity contribution in [3.63, 3.8) is 0 Å². The molecule has 0 spiro atoms. The lowest BCUT2D eigenvalue weighted by Crippen LogP contribution is -2.23. The molecule has 0 aliphatic carbocycles. The van der Waals surface area contributed by atoms with Crippen LogP contribution in [0, 0.1) is 21.4 Å². The summed E-state index contributed by atoms with van der Waals surface area (Å²) in [7, 11) is 1.22. The van der Waals surface area contributed by atoms with Gasteiger partial charge in [-0.1, -0.05) is 0 Å². The number of aromatic hydroxyl groups is 1. The van der Waals surface area contributed by atoms with E-state index in [0.29, 0.717) is 0 Å². The minimum Gasteiger partial charge on any atom is -0.500 e. The van der Waals surface area contributed by atoms with Gasteiger partial charge in [0.25, 0.3) is 0 Å². The predicted octanol–water partition coefficient (Wildman–Crippen LogP) is 0.938. The van der Waals surface area contributed by atoms with Gasteiger partial charge in [0.05, 0.1) is 24.5 Å². The molecular formula is C12H13N3O6. The highest BCUT2D eigenvalue weighted by Gasteiger charge is 2.23. The standard InChI is InChI=1S/C12H13N3O6/c1-21-10-5-7(4-9(12(10)18)15(19)20)8(6-13)14-3-2-11(16)17/h4-5,8,14,18H,2-3H2,1H3,(H,16,17). The number of nitrogens with one attached hydrogen (secondary N) is 1. The van der Waals surface area contributed by atoms with Crippen LogP contribution in [0.3, 0.4) is 0 Å². The minimum atomic E-state index is -1.03. The summed E-state index contributed by atoms with van der Waals surface area (Å²) in [5, 5.41) is 40.8. The number of nitriles is 1. The van der Waals surface area contributed by atoms with Crippen LogP contribution in [0.25, 0.3) is 0 Å². The highest BCUT2D eigenvalue weighted by Crippen LogP contribution is 2.38. The third kappa shape index (κ3) is 4.05. The Kier molecular flexibility index (Phi) is 5.45. The van der Waals surface area contributed by atoms with E-state index >= 15 is 0 Å². The number of rotatable bonds is 7. The fraction of sp³-hybridized carbons (Fsp3) is 0.333. The molecule has 21 heavy (non-hydrogen) atoms. The molecule has 0 heterocycles. The van der Waals surface area contributed by atoms with Gasteiger partial charge in [-0.3, -0.25) is 20.2 Å². The van der Waals surface area contributed by atoms with E-state index in [-0.39, 0.29) is 24.3 Å². The number of carboxylic acids is 1. The summed E-state index contributed by atoms with van der Waals surface area (Å²) < 4.78 is 4.83. The van der Waals surface area contributed by atoms with E-state index in [9.17, 15) is 20.0 Å². The highest BCUT2D eigenvalue weighted by atomic mass is 16.6. The van der Waals surface area contributed by atoms with Gasteiger partial charge in [-0.25, -0.2) is 0 Å². The van der Waals surface area contributed by atoms with Gasteiger partial charge in [0.1, 0.15) is 6.04 Å². The molecule has 0 radical (unpaired) electrons. The zero-order valence-electron chi connectivity index (χ0n) is 11.1. The van der Waals surface area contributed by atoms with Gasteiger partial charge in [-0.05, 0) is 11.6 Å². The number of ether oxygens (including phenoxy) is 1. The Hall–Kier alpha value is -2.86. The number of phenolic OH excluding ortho intramolecular Hbond substituents is 1. The molecule has 0 saturated carbocycles. The second-order valence-electron chi connectivity index (χ2n) is 4.01. The van der Waals surface area contributed by atoms with Gasteiger partial charge in [-0.15, -0.1) is 0 Å². The molecule has 0 aromatic heterocycles. The third-order valence-corrected chi connectivity index (χ3v) is 2.64. The summed E-state index contributed by atoms with van der Waals surface area (Å²) in [6.45, 7) is 0.0184. The van der Waals surface area contributed by atoms with E-state index in [1.165, 1.54) is 13.2 Å². The molecule has 0 bridgehead atoms. The largest absolute Gasteiger partial charge is 0.500 e. The molecule has 0 saturated heterocycles. The van der Waals surface area contributed by atoms with Crippen LogP contribution in [0.2, 0.25) is 0 Å². The first kappa shape index (κ1) is 16.2. The Labute approximate surface area is 119 Å². The fourth-order valence-electron chi connectivity index (χ4n) is 1.64. The molecule has 3 N–H and O–H groups in total. The SMILES string of the molecule is COc1cc(C(C#N)NCCC(=O)O)cc([N+](=O)[O-])c1O. The molecular weight excluding hydrogens is 282 g/mol. The van der Waals surface area contributed by atoms with Crippen LogP contribution in [0.1, 0.15) is 18.0 Å². The molecule has 0 amide bonds. The number of nitro groups is 1. The van der Waals surface area contributed by atoms with Crippen LogP contribution in [0.15, 0.2) is 12.1 Å². The summed E-state index contributed by atoms with van der Waals surface area (Å²) in [5.41, 5.74) is -0.395. The average molecular weight is 295 g/mol. The van der Waals surface area contributed by atoms with Crippen LogP contribution in [0.4, 0.5) is 5.69 Å². The van der Waals surface area contributed by atoms with Crippen LogP contribution in [-0.2, 0) is 4.79 Å². The molecule has 1 atom stereocenters. The number of benzene rings is 1. The first-order chi connectivity index (χ1) is 9.90. The fourth-order valence-corrected chi connectivity index (χ4v) is 1.64. The second-order valence-corrected chi connectivity index (χ2v) is 4.01. The van der Waals surface area contributed by atoms with Gasteiger partial charge in [0, 0.05) is 12.6 Å². The number of carbonyl (C=O) groups is 1. The van der Waals surface area contributed by atoms with Crippen LogP contribution in [0.5, 0.6) is 11.5 Å². The summed E-state index contributed by atoms with van der Waals surface area (Å²) in [4.78, 5) is 20.5. The smallest absolute Gasteiger partial charge is 0.315 e. The summed E-state index contributed by atoms with van der Waals surface area (Å²) >= 11 is 0. The molecule has 9 nitrogen and oxygen atoms in total. The molecule has 0 aliphatic rings. The minimum absolute atomic E-state index is 0.0184. The summed E-state index contributed by atoms with van der Waals surface area (Å²) in [6.07, 6.45) is -0.199. The number of aliphatic carboxylic acids is 1. The Bertz CT molecular complexity index is 595. The van der Waals surface area contributed by atoms with E-state index in [1.807, 2.05) is 6.07 Å². The number of nitro benzene ring substituents is 1. The van der Waals surface area contributed by atoms with Gasteiger partial charge in [0.2, 0.25) is 5.75 Å². The molecule has 1 unspecified atom stereocenters. The van der Waals surface area contributed by atoms with Crippen molar-refractivity contribution in [2.45, 2.75) is 12.5 Å². The zero-order chi connectivity index (χ0) is 16.0. The highest BCUT2D eigenvalue weighted by molar-refractivity contribution is 5.66. The first-order valence-corrected chi connectivity index (χ1v) is 5.80. The number of phenols is 1. The molecule has 112 valence electrons. The second kappa shape index (κ2) is 7.06. The molecule has 0 aliphatic heterocycles. The van der Waals surface area contributed by atoms with Crippen LogP contribution >= 0.6 is 0 Å². The molecule has 1 aromatic rings. The van der Waals surface area contributed by atoms with E-state index < -0.39 is 28.4 Å². The third-order valence-electron chi connectivity index (χ3n) is 2.64. The van der Waals surface area contributed by atoms with Crippen molar-refractivity contribution in [1.82, 2.24) is 5.32 Å². The Morgan fingerprint density at radius 1 is 1.62 bits per heavy atom. The maximum absolute atomic E-state index is 10.9. The molecule has 0 fully saturated rings. The lowest BCUT2D eigenvalue weighted by Gasteiger charge is -2.13.